The molecule has 0 spiro atoms. The fourth-order valence-corrected chi connectivity index (χ4v) is 4.49. The Balaban J connectivity index is 1.60. The lowest BCUT2D eigenvalue weighted by molar-refractivity contribution is -0.136. The maximum Gasteiger partial charge on any atom is 0.245 e. The molecule has 37 heavy (non-hydrogen) atoms. The van der Waals surface area contributed by atoms with E-state index in [-0.39, 0.29) is 24.4 Å². The number of aromatic nitrogens is 2. The Bertz CT molecular complexity index is 1360. The van der Waals surface area contributed by atoms with Gasteiger partial charge in [-0.3, -0.25) is 9.59 Å². The molecule has 0 aliphatic heterocycles. The molecule has 0 radical (unpaired) electrons. The summed E-state index contributed by atoms with van der Waals surface area (Å²) >= 11 is 0. The highest BCUT2D eigenvalue weighted by atomic mass is 16.2. The molecule has 2 amide bonds. The smallest absolute Gasteiger partial charge is 0.245 e. The lowest BCUT2D eigenvalue weighted by Crippen LogP contribution is -2.42. The minimum Gasteiger partial charge on any atom is -0.331 e. The quantitative estimate of drug-likeness (QED) is 0.312. The van der Waals surface area contributed by atoms with Gasteiger partial charge < -0.3 is 10.2 Å². The Hall–Kier alpha value is -4.19. The van der Waals surface area contributed by atoms with Gasteiger partial charge in [-0.25, -0.2) is 4.68 Å². The summed E-state index contributed by atoms with van der Waals surface area (Å²) in [5.41, 5.74) is 5.68. The number of rotatable bonds is 9. The average molecular weight is 495 g/mol. The van der Waals surface area contributed by atoms with Crippen LogP contribution in [0.2, 0.25) is 0 Å². The zero-order valence-corrected chi connectivity index (χ0v) is 21.9. The van der Waals surface area contributed by atoms with Crippen LogP contribution in [-0.4, -0.2) is 39.1 Å². The van der Waals surface area contributed by atoms with E-state index in [1.807, 2.05) is 113 Å². The summed E-state index contributed by atoms with van der Waals surface area (Å²) in [5, 5.41) is 7.91. The molecule has 6 heteroatoms. The molecule has 1 N–H and O–H groups in total. The third kappa shape index (κ3) is 6.15. The van der Waals surface area contributed by atoms with Crippen LogP contribution in [0.15, 0.2) is 84.9 Å². The van der Waals surface area contributed by atoms with E-state index in [1.165, 1.54) is 0 Å². The van der Waals surface area contributed by atoms with Gasteiger partial charge in [0, 0.05) is 18.0 Å². The highest BCUT2D eigenvalue weighted by Gasteiger charge is 2.24. The van der Waals surface area contributed by atoms with Gasteiger partial charge in [0.1, 0.15) is 12.4 Å². The number of para-hydroxylation sites is 1. The summed E-state index contributed by atoms with van der Waals surface area (Å²) in [5.74, 6) is 0.304. The molecule has 4 aromatic rings. The van der Waals surface area contributed by atoms with E-state index in [4.69, 9.17) is 5.10 Å². The molecule has 0 aliphatic rings. The molecule has 0 fully saturated rings. The normalized spacial score (nSPS) is 10.9. The van der Waals surface area contributed by atoms with Crippen LogP contribution >= 0.6 is 0 Å². The number of carbonyl (C=O) groups excluding carboxylic acids is 2. The molecule has 1 aromatic heterocycles. The fraction of sp³-hybridized carbons (Fsp3) is 0.258. The Morgan fingerprint density at radius 2 is 1.51 bits per heavy atom. The van der Waals surface area contributed by atoms with Gasteiger partial charge in [0.15, 0.2) is 0 Å². The van der Waals surface area contributed by atoms with Gasteiger partial charge in [-0.2, -0.15) is 5.10 Å². The van der Waals surface area contributed by atoms with Crippen LogP contribution in [0.5, 0.6) is 0 Å². The van der Waals surface area contributed by atoms with Crippen molar-refractivity contribution in [1.82, 2.24) is 14.7 Å². The van der Waals surface area contributed by atoms with Crippen molar-refractivity contribution < 1.29 is 9.59 Å². The second-order valence-electron chi connectivity index (χ2n) is 9.52. The summed E-state index contributed by atoms with van der Waals surface area (Å²) in [6.45, 7) is 7.81. The molecule has 3 aromatic carbocycles. The maximum atomic E-state index is 13.4. The van der Waals surface area contributed by atoms with Gasteiger partial charge in [0.25, 0.3) is 0 Å². The SMILES string of the molecule is Cc1ccccc1-n1nc(C)c(-c2ccccc2)c1NC(=O)CN(C(=O)CCc1ccccc1)C(C)C. The summed E-state index contributed by atoms with van der Waals surface area (Å²) in [6, 6.07) is 27.7. The number of amides is 2. The Kier molecular flexibility index (Phi) is 8.18. The lowest BCUT2D eigenvalue weighted by atomic mass is 10.1. The monoisotopic (exact) mass is 494 g/mol. The minimum atomic E-state index is -0.256. The van der Waals surface area contributed by atoms with E-state index in [1.54, 1.807) is 9.58 Å². The average Bonchev–Trinajstić information content (AvgIpc) is 3.22. The van der Waals surface area contributed by atoms with Crippen molar-refractivity contribution in [2.24, 2.45) is 0 Å². The van der Waals surface area contributed by atoms with Crippen molar-refractivity contribution in [3.63, 3.8) is 0 Å². The second-order valence-corrected chi connectivity index (χ2v) is 9.52. The maximum absolute atomic E-state index is 13.4. The Labute approximate surface area is 218 Å². The number of nitrogens with zero attached hydrogens (tertiary/aromatic N) is 3. The second kappa shape index (κ2) is 11.7. The van der Waals surface area contributed by atoms with Gasteiger partial charge in [-0.15, -0.1) is 0 Å². The number of nitrogens with one attached hydrogen (secondary N) is 1. The van der Waals surface area contributed by atoms with E-state index >= 15 is 0 Å². The third-order valence-electron chi connectivity index (χ3n) is 6.45. The number of aryl methyl sites for hydroxylation is 3. The number of hydrogen-bond donors (Lipinski definition) is 1. The van der Waals surface area contributed by atoms with Crippen LogP contribution in [0.4, 0.5) is 5.82 Å². The number of hydrogen-bond acceptors (Lipinski definition) is 3. The van der Waals surface area contributed by atoms with Gasteiger partial charge in [-0.1, -0.05) is 78.9 Å². The predicted molar refractivity (Wildman–Crippen MR) is 149 cm³/mol. The first-order valence-electron chi connectivity index (χ1n) is 12.7. The molecular formula is C31H34N4O2. The highest BCUT2D eigenvalue weighted by Crippen LogP contribution is 2.34. The van der Waals surface area contributed by atoms with E-state index in [9.17, 15) is 9.59 Å². The van der Waals surface area contributed by atoms with Crippen LogP contribution in [-0.2, 0) is 16.0 Å². The lowest BCUT2D eigenvalue weighted by Gasteiger charge is -2.26. The summed E-state index contributed by atoms with van der Waals surface area (Å²) in [4.78, 5) is 28.2. The largest absolute Gasteiger partial charge is 0.331 e. The Morgan fingerprint density at radius 1 is 0.892 bits per heavy atom. The predicted octanol–water partition coefficient (Wildman–Crippen LogP) is 5.96. The van der Waals surface area contributed by atoms with Crippen molar-refractivity contribution in [2.75, 3.05) is 11.9 Å². The molecular weight excluding hydrogens is 460 g/mol. The van der Waals surface area contributed by atoms with Gasteiger partial charge in [0.05, 0.1) is 11.4 Å². The topological polar surface area (TPSA) is 67.2 Å². The molecule has 0 unspecified atom stereocenters. The van der Waals surface area contributed by atoms with Gasteiger partial charge >= 0.3 is 0 Å². The van der Waals surface area contributed by atoms with Gasteiger partial charge in [-0.05, 0) is 56.9 Å². The molecule has 6 nitrogen and oxygen atoms in total. The number of carbonyl (C=O) groups is 2. The minimum absolute atomic E-state index is 0.0302. The molecule has 0 bridgehead atoms. The fourth-order valence-electron chi connectivity index (χ4n) is 4.49. The first-order valence-corrected chi connectivity index (χ1v) is 12.7. The molecule has 0 aliphatic carbocycles. The van der Waals surface area contributed by atoms with Crippen LogP contribution < -0.4 is 5.32 Å². The van der Waals surface area contributed by atoms with E-state index < -0.39 is 0 Å². The number of benzene rings is 3. The van der Waals surface area contributed by atoms with E-state index in [0.29, 0.717) is 18.7 Å². The highest BCUT2D eigenvalue weighted by molar-refractivity contribution is 5.98. The standard InChI is InChI=1S/C31H34N4O2/c1-22(2)34(29(37)20-19-25-14-7-5-8-15-25)21-28(36)32-31-30(26-16-9-6-10-17-26)24(4)33-35(31)27-18-12-11-13-23(27)3/h5-18,22H,19-21H2,1-4H3,(H,32,36). The number of anilines is 1. The van der Waals surface area contributed by atoms with Crippen molar-refractivity contribution in [2.45, 2.75) is 46.6 Å². The van der Waals surface area contributed by atoms with Crippen molar-refractivity contribution in [1.29, 1.82) is 0 Å². The first kappa shape index (κ1) is 25.9. The van der Waals surface area contributed by atoms with Crippen LogP contribution in [0.1, 0.15) is 37.1 Å². The summed E-state index contributed by atoms with van der Waals surface area (Å²) < 4.78 is 1.79. The summed E-state index contributed by atoms with van der Waals surface area (Å²) in [6.07, 6.45) is 0.993. The zero-order valence-electron chi connectivity index (χ0n) is 21.9. The van der Waals surface area contributed by atoms with Crippen molar-refractivity contribution in [3.05, 3.63) is 102 Å². The van der Waals surface area contributed by atoms with Crippen LogP contribution in [0, 0.1) is 13.8 Å². The van der Waals surface area contributed by atoms with Crippen molar-refractivity contribution in [3.8, 4) is 16.8 Å². The molecule has 1 heterocycles. The zero-order chi connectivity index (χ0) is 26.4. The van der Waals surface area contributed by atoms with E-state index in [2.05, 4.69) is 5.32 Å². The molecule has 4 rings (SSSR count). The van der Waals surface area contributed by atoms with Crippen LogP contribution in [0.3, 0.4) is 0 Å². The van der Waals surface area contributed by atoms with Crippen LogP contribution in [0.25, 0.3) is 16.8 Å². The molecule has 0 atom stereocenters. The summed E-state index contributed by atoms with van der Waals surface area (Å²) in [7, 11) is 0. The third-order valence-corrected chi connectivity index (χ3v) is 6.45. The van der Waals surface area contributed by atoms with Gasteiger partial charge in [0.2, 0.25) is 11.8 Å². The first-order chi connectivity index (χ1) is 17.8. The molecule has 0 saturated heterocycles. The Morgan fingerprint density at radius 3 is 2.16 bits per heavy atom. The molecule has 190 valence electrons. The molecule has 0 saturated carbocycles. The van der Waals surface area contributed by atoms with E-state index in [0.717, 1.165) is 33.6 Å². The van der Waals surface area contributed by atoms with Crippen molar-refractivity contribution >= 4 is 17.6 Å².